The summed E-state index contributed by atoms with van der Waals surface area (Å²) >= 11 is 1.56. The molecule has 3 heterocycles. The van der Waals surface area contributed by atoms with E-state index in [1.807, 2.05) is 22.4 Å². The van der Waals surface area contributed by atoms with E-state index in [0.717, 1.165) is 4.88 Å². The lowest BCUT2D eigenvalue weighted by atomic mass is 10.2. The third-order valence-corrected chi connectivity index (χ3v) is 4.38. The van der Waals surface area contributed by atoms with Gasteiger partial charge >= 0.3 is 0 Å². The molecule has 22 heavy (non-hydrogen) atoms. The highest BCUT2D eigenvalue weighted by Gasteiger charge is 2.27. The molecule has 1 unspecified atom stereocenters. The number of thiophene rings is 1. The van der Waals surface area contributed by atoms with E-state index in [0.29, 0.717) is 38.0 Å². The fourth-order valence-electron chi connectivity index (χ4n) is 2.47. The molecule has 0 aromatic carbocycles. The van der Waals surface area contributed by atoms with Crippen molar-refractivity contribution in [2.24, 2.45) is 0 Å². The highest BCUT2D eigenvalue weighted by atomic mass is 32.1. The molecule has 118 valence electrons. The Morgan fingerprint density at radius 2 is 2.50 bits per heavy atom. The molecule has 1 aliphatic rings. The first-order valence-electron chi connectivity index (χ1n) is 7.12. The Morgan fingerprint density at radius 3 is 3.27 bits per heavy atom. The van der Waals surface area contributed by atoms with Crippen molar-refractivity contribution in [3.8, 4) is 10.8 Å². The first-order valence-corrected chi connectivity index (χ1v) is 8.00. The number of carbonyl (C=O) groups excluding carboxylic acids is 1. The second kappa shape index (κ2) is 7.04. The molecule has 1 fully saturated rings. The Morgan fingerprint density at radius 1 is 1.59 bits per heavy atom. The third kappa shape index (κ3) is 3.37. The van der Waals surface area contributed by atoms with Gasteiger partial charge in [-0.25, -0.2) is 4.98 Å². The van der Waals surface area contributed by atoms with Crippen LogP contribution in [0.2, 0.25) is 0 Å². The molecule has 0 spiro atoms. The van der Waals surface area contributed by atoms with E-state index < -0.39 is 0 Å². The summed E-state index contributed by atoms with van der Waals surface area (Å²) in [7, 11) is 1.63. The average Bonchev–Trinajstić information content (AvgIpc) is 3.19. The number of rotatable bonds is 5. The highest BCUT2D eigenvalue weighted by molar-refractivity contribution is 7.13. The normalized spacial score (nSPS) is 18.6. The Bertz CT molecular complexity index is 609. The quantitative estimate of drug-likeness (QED) is 0.840. The number of hydrogen-bond donors (Lipinski definition) is 0. The molecular formula is C15H18N2O4S. The Balaban J connectivity index is 1.65. The zero-order valence-corrected chi connectivity index (χ0v) is 13.2. The van der Waals surface area contributed by atoms with Crippen LogP contribution < -0.4 is 0 Å². The van der Waals surface area contributed by atoms with Crippen molar-refractivity contribution < 1.29 is 18.7 Å². The summed E-state index contributed by atoms with van der Waals surface area (Å²) in [6.45, 7) is 2.14. The molecule has 0 bridgehead atoms. The molecule has 0 N–H and O–H groups in total. The first kappa shape index (κ1) is 15.2. The minimum atomic E-state index is -0.0325. The maximum Gasteiger partial charge on any atom is 0.236 e. The van der Waals surface area contributed by atoms with Gasteiger partial charge < -0.3 is 18.8 Å². The summed E-state index contributed by atoms with van der Waals surface area (Å²) in [5, 5.41) is 1.97. The molecule has 1 amide bonds. The van der Waals surface area contributed by atoms with Crippen LogP contribution in [0.4, 0.5) is 0 Å². The number of hydrogen-bond acceptors (Lipinski definition) is 6. The van der Waals surface area contributed by atoms with Crippen molar-refractivity contribution in [3.05, 3.63) is 29.5 Å². The monoisotopic (exact) mass is 322 g/mol. The molecule has 1 saturated heterocycles. The Labute approximate surface area is 132 Å². The standard InChI is InChI=1S/C15H18N2O4S/c1-19-9-12-10-20-5-4-17(12)14(18)7-11-8-21-15(16-11)13-3-2-6-22-13/h2-3,6,8,12H,4-5,7,9-10H2,1H3. The molecule has 6 nitrogen and oxygen atoms in total. The molecule has 0 aliphatic carbocycles. The van der Waals surface area contributed by atoms with Gasteiger partial charge in [0, 0.05) is 13.7 Å². The summed E-state index contributed by atoms with van der Waals surface area (Å²) < 4.78 is 16.0. The second-order valence-corrected chi connectivity index (χ2v) is 6.02. The lowest BCUT2D eigenvalue weighted by molar-refractivity contribution is -0.141. The van der Waals surface area contributed by atoms with E-state index in [9.17, 15) is 4.79 Å². The fraction of sp³-hybridized carbons (Fsp3) is 0.467. The molecule has 2 aromatic heterocycles. The van der Waals surface area contributed by atoms with Gasteiger partial charge in [0.15, 0.2) is 0 Å². The molecule has 3 rings (SSSR count). The minimum Gasteiger partial charge on any atom is -0.444 e. The average molecular weight is 322 g/mol. The summed E-state index contributed by atoms with van der Waals surface area (Å²) in [6, 6.07) is 3.85. The van der Waals surface area contributed by atoms with Crippen LogP contribution in [-0.4, -0.2) is 55.3 Å². The lowest BCUT2D eigenvalue weighted by Gasteiger charge is -2.35. The predicted octanol–water partition coefficient (Wildman–Crippen LogP) is 1.82. The summed E-state index contributed by atoms with van der Waals surface area (Å²) in [5.41, 5.74) is 0.649. The number of morpholine rings is 1. The van der Waals surface area contributed by atoms with Crippen LogP contribution in [0.5, 0.6) is 0 Å². The maximum absolute atomic E-state index is 12.5. The zero-order valence-electron chi connectivity index (χ0n) is 12.4. The van der Waals surface area contributed by atoms with Crippen molar-refractivity contribution in [1.82, 2.24) is 9.88 Å². The second-order valence-electron chi connectivity index (χ2n) is 5.07. The minimum absolute atomic E-state index is 0.0244. The number of aromatic nitrogens is 1. The van der Waals surface area contributed by atoms with Gasteiger partial charge in [-0.2, -0.15) is 0 Å². The van der Waals surface area contributed by atoms with Gasteiger partial charge in [0.1, 0.15) is 6.26 Å². The smallest absolute Gasteiger partial charge is 0.236 e. The largest absolute Gasteiger partial charge is 0.444 e. The van der Waals surface area contributed by atoms with Crippen molar-refractivity contribution >= 4 is 17.2 Å². The van der Waals surface area contributed by atoms with Crippen molar-refractivity contribution in [3.63, 3.8) is 0 Å². The zero-order chi connectivity index (χ0) is 15.4. The van der Waals surface area contributed by atoms with E-state index in [2.05, 4.69) is 4.98 Å². The van der Waals surface area contributed by atoms with E-state index in [-0.39, 0.29) is 18.4 Å². The third-order valence-electron chi connectivity index (χ3n) is 3.52. The first-order chi connectivity index (χ1) is 10.8. The van der Waals surface area contributed by atoms with Crippen LogP contribution in [0, 0.1) is 0 Å². The van der Waals surface area contributed by atoms with Crippen LogP contribution in [0.1, 0.15) is 5.69 Å². The van der Waals surface area contributed by atoms with Crippen molar-refractivity contribution in [2.45, 2.75) is 12.5 Å². The Hall–Kier alpha value is -1.70. The number of nitrogens with zero attached hydrogens (tertiary/aromatic N) is 2. The van der Waals surface area contributed by atoms with E-state index >= 15 is 0 Å². The number of methoxy groups -OCH3 is 1. The van der Waals surface area contributed by atoms with Gasteiger partial charge in [-0.15, -0.1) is 11.3 Å². The molecule has 2 aromatic rings. The van der Waals surface area contributed by atoms with Crippen LogP contribution in [0.25, 0.3) is 10.8 Å². The van der Waals surface area contributed by atoms with Crippen molar-refractivity contribution in [2.75, 3.05) is 33.5 Å². The molecular weight excluding hydrogens is 304 g/mol. The number of ether oxygens (including phenoxy) is 2. The van der Waals surface area contributed by atoms with Gasteiger partial charge in [0.25, 0.3) is 0 Å². The highest BCUT2D eigenvalue weighted by Crippen LogP contribution is 2.24. The molecule has 1 atom stereocenters. The van der Waals surface area contributed by atoms with Gasteiger partial charge in [-0.1, -0.05) is 6.07 Å². The topological polar surface area (TPSA) is 64.8 Å². The summed E-state index contributed by atoms with van der Waals surface area (Å²) in [5.74, 6) is 0.588. The molecule has 0 radical (unpaired) electrons. The fourth-order valence-corrected chi connectivity index (χ4v) is 3.13. The van der Waals surface area contributed by atoms with Gasteiger partial charge in [-0.3, -0.25) is 4.79 Å². The number of carbonyl (C=O) groups is 1. The van der Waals surface area contributed by atoms with Crippen LogP contribution >= 0.6 is 11.3 Å². The molecule has 1 aliphatic heterocycles. The van der Waals surface area contributed by atoms with Crippen molar-refractivity contribution in [1.29, 1.82) is 0 Å². The van der Waals surface area contributed by atoms with Gasteiger partial charge in [0.2, 0.25) is 11.8 Å². The number of amides is 1. The summed E-state index contributed by atoms with van der Waals surface area (Å²) in [4.78, 5) is 19.6. The van der Waals surface area contributed by atoms with E-state index in [1.165, 1.54) is 0 Å². The predicted molar refractivity (Wildman–Crippen MR) is 81.7 cm³/mol. The van der Waals surface area contributed by atoms with Crippen LogP contribution in [0.15, 0.2) is 28.2 Å². The lowest BCUT2D eigenvalue weighted by Crippen LogP contribution is -2.51. The SMILES string of the molecule is COCC1COCCN1C(=O)Cc1coc(-c2cccs2)n1. The molecule has 7 heteroatoms. The molecule has 0 saturated carbocycles. The van der Waals surface area contributed by atoms with Gasteiger partial charge in [0.05, 0.1) is 42.9 Å². The maximum atomic E-state index is 12.5. The number of oxazole rings is 1. The van der Waals surface area contributed by atoms with E-state index in [4.69, 9.17) is 13.9 Å². The summed E-state index contributed by atoms with van der Waals surface area (Å²) in [6.07, 6.45) is 1.79. The van der Waals surface area contributed by atoms with Crippen LogP contribution in [0.3, 0.4) is 0 Å². The Kier molecular flexibility index (Phi) is 4.87. The van der Waals surface area contributed by atoms with E-state index in [1.54, 1.807) is 24.7 Å². The van der Waals surface area contributed by atoms with Crippen LogP contribution in [-0.2, 0) is 20.7 Å². The van der Waals surface area contributed by atoms with Gasteiger partial charge in [-0.05, 0) is 11.4 Å².